The Morgan fingerprint density at radius 2 is 2.35 bits per heavy atom. The van der Waals surface area contributed by atoms with E-state index in [4.69, 9.17) is 4.74 Å². The van der Waals surface area contributed by atoms with Crippen LogP contribution in [0.5, 0.6) is 0 Å². The second-order valence-corrected chi connectivity index (χ2v) is 6.57. The summed E-state index contributed by atoms with van der Waals surface area (Å²) in [6.07, 6.45) is 3.53. The van der Waals surface area contributed by atoms with Gasteiger partial charge in [-0.25, -0.2) is 0 Å². The van der Waals surface area contributed by atoms with Gasteiger partial charge in [-0.05, 0) is 18.8 Å². The number of carbonyl (C=O) groups excluding carboxylic acids is 1. The fourth-order valence-electron chi connectivity index (χ4n) is 2.54. The van der Waals surface area contributed by atoms with E-state index < -0.39 is 0 Å². The van der Waals surface area contributed by atoms with Gasteiger partial charge in [-0.2, -0.15) is 0 Å². The van der Waals surface area contributed by atoms with Crippen molar-refractivity contribution in [3.8, 4) is 0 Å². The first-order chi connectivity index (χ1) is 8.29. The molecule has 3 rings (SSSR count). The number of rotatable bonds is 2. The Labute approximate surface area is 114 Å². The van der Waals surface area contributed by atoms with Crippen LogP contribution in [-0.2, 0) is 9.53 Å². The Balaban J connectivity index is 1.81. The first kappa shape index (κ1) is 11.9. The fourth-order valence-corrected chi connectivity index (χ4v) is 3.95. The van der Waals surface area contributed by atoms with Crippen molar-refractivity contribution in [3.63, 3.8) is 0 Å². The topological polar surface area (TPSA) is 29.5 Å². The van der Waals surface area contributed by atoms with Gasteiger partial charge in [0.25, 0.3) is 0 Å². The molecular formula is C12H16BrNO2S. The molecule has 3 nitrogen and oxygen atoms in total. The van der Waals surface area contributed by atoms with E-state index in [1.807, 2.05) is 16.7 Å². The summed E-state index contributed by atoms with van der Waals surface area (Å²) in [6, 6.07) is 0.297. The molecule has 1 atom stereocenters. The van der Waals surface area contributed by atoms with Crippen LogP contribution in [0.1, 0.15) is 19.3 Å². The zero-order valence-electron chi connectivity index (χ0n) is 9.65. The molecule has 1 amide bonds. The van der Waals surface area contributed by atoms with E-state index >= 15 is 0 Å². The number of alkyl halides is 1. The molecule has 0 aromatic carbocycles. The largest absolute Gasteiger partial charge is 0.495 e. The summed E-state index contributed by atoms with van der Waals surface area (Å²) in [4.78, 5) is 15.4. The van der Waals surface area contributed by atoms with Crippen molar-refractivity contribution in [3.05, 3.63) is 10.7 Å². The van der Waals surface area contributed by atoms with Crippen molar-refractivity contribution in [2.24, 2.45) is 5.92 Å². The molecule has 0 saturated heterocycles. The van der Waals surface area contributed by atoms with E-state index in [1.54, 1.807) is 0 Å². The van der Waals surface area contributed by atoms with Gasteiger partial charge in [-0.1, -0.05) is 15.9 Å². The summed E-state index contributed by atoms with van der Waals surface area (Å²) in [5.41, 5.74) is 0. The maximum absolute atomic E-state index is 12.0. The van der Waals surface area contributed by atoms with Gasteiger partial charge < -0.3 is 9.64 Å². The van der Waals surface area contributed by atoms with Crippen LogP contribution in [0.3, 0.4) is 0 Å². The Morgan fingerprint density at radius 1 is 1.53 bits per heavy atom. The van der Waals surface area contributed by atoms with Gasteiger partial charge in [0.1, 0.15) is 12.4 Å². The summed E-state index contributed by atoms with van der Waals surface area (Å²) in [5, 5.41) is 0.420. The van der Waals surface area contributed by atoms with Crippen molar-refractivity contribution in [1.82, 2.24) is 4.90 Å². The van der Waals surface area contributed by atoms with Crippen LogP contribution < -0.4 is 0 Å². The van der Waals surface area contributed by atoms with E-state index in [1.165, 1.54) is 17.7 Å². The van der Waals surface area contributed by atoms with Crippen LogP contribution in [0.4, 0.5) is 0 Å². The number of hydrogen-bond donors (Lipinski definition) is 0. The average Bonchev–Trinajstić information content (AvgIpc) is 3.11. The minimum Gasteiger partial charge on any atom is -0.495 e. The number of nitrogens with zero attached hydrogens (tertiary/aromatic N) is 1. The van der Waals surface area contributed by atoms with Crippen LogP contribution in [0, 0.1) is 5.92 Å². The quantitative estimate of drug-likeness (QED) is 0.732. The molecule has 2 heterocycles. The van der Waals surface area contributed by atoms with E-state index in [9.17, 15) is 4.79 Å². The summed E-state index contributed by atoms with van der Waals surface area (Å²) in [5.74, 6) is 3.12. The average molecular weight is 318 g/mol. The molecule has 94 valence electrons. The van der Waals surface area contributed by atoms with Gasteiger partial charge in [0, 0.05) is 17.1 Å². The van der Waals surface area contributed by atoms with Crippen molar-refractivity contribution in [2.75, 3.05) is 24.2 Å². The summed E-state index contributed by atoms with van der Waals surface area (Å²) in [7, 11) is 0. The fraction of sp³-hybridized carbons (Fsp3) is 0.750. The Hall–Kier alpha value is -0.160. The molecule has 0 unspecified atom stereocenters. The van der Waals surface area contributed by atoms with Gasteiger partial charge in [-0.3, -0.25) is 4.79 Å². The molecule has 17 heavy (non-hydrogen) atoms. The third-order valence-corrected chi connectivity index (χ3v) is 5.25. The van der Waals surface area contributed by atoms with Crippen LogP contribution in [-0.4, -0.2) is 41.1 Å². The van der Waals surface area contributed by atoms with Crippen molar-refractivity contribution < 1.29 is 9.53 Å². The molecule has 5 heteroatoms. The van der Waals surface area contributed by atoms with Gasteiger partial charge in [0.05, 0.1) is 17.9 Å². The molecule has 2 aliphatic heterocycles. The lowest BCUT2D eigenvalue weighted by atomic mass is 10.1. The smallest absolute Gasteiger partial charge is 0.233 e. The van der Waals surface area contributed by atoms with Crippen molar-refractivity contribution >= 4 is 33.6 Å². The maximum atomic E-state index is 12.0. The van der Waals surface area contributed by atoms with Crippen molar-refractivity contribution in [2.45, 2.75) is 25.3 Å². The zero-order valence-corrected chi connectivity index (χ0v) is 12.1. The van der Waals surface area contributed by atoms with Crippen LogP contribution in [0.2, 0.25) is 0 Å². The molecular weight excluding hydrogens is 302 g/mol. The van der Waals surface area contributed by atoms with Gasteiger partial charge in [-0.15, -0.1) is 11.8 Å². The number of thioether (sulfide) groups is 1. The molecule has 0 spiro atoms. The summed E-state index contributed by atoms with van der Waals surface area (Å²) < 4.78 is 5.92. The SMILES string of the molecule is O=C(CBr)N1CC2=C(CCS2)OC[C@@H]1C1CC1. The third kappa shape index (κ3) is 2.36. The molecule has 1 aliphatic carbocycles. The van der Waals surface area contributed by atoms with Gasteiger partial charge in [0.15, 0.2) is 0 Å². The maximum Gasteiger partial charge on any atom is 0.233 e. The first-order valence-electron chi connectivity index (χ1n) is 6.12. The minimum atomic E-state index is 0.201. The third-order valence-electron chi connectivity index (χ3n) is 3.66. The number of amides is 1. The molecule has 0 radical (unpaired) electrons. The lowest BCUT2D eigenvalue weighted by molar-refractivity contribution is -0.131. The molecule has 1 fully saturated rings. The molecule has 0 bridgehead atoms. The molecule has 0 aromatic rings. The first-order valence-corrected chi connectivity index (χ1v) is 8.23. The molecule has 3 aliphatic rings. The highest BCUT2D eigenvalue weighted by Crippen LogP contribution is 2.41. The van der Waals surface area contributed by atoms with Gasteiger partial charge >= 0.3 is 0 Å². The van der Waals surface area contributed by atoms with Crippen LogP contribution in [0.25, 0.3) is 0 Å². The number of halogens is 1. The Bertz CT molecular complexity index is 368. The normalized spacial score (nSPS) is 28.8. The zero-order chi connectivity index (χ0) is 11.8. The minimum absolute atomic E-state index is 0.201. The lowest BCUT2D eigenvalue weighted by Crippen LogP contribution is -2.44. The Morgan fingerprint density at radius 3 is 3.06 bits per heavy atom. The van der Waals surface area contributed by atoms with Crippen molar-refractivity contribution in [1.29, 1.82) is 0 Å². The highest BCUT2D eigenvalue weighted by atomic mass is 79.9. The molecule has 0 N–H and O–H groups in total. The van der Waals surface area contributed by atoms with Gasteiger partial charge in [0.2, 0.25) is 5.91 Å². The predicted molar refractivity (Wildman–Crippen MR) is 72.1 cm³/mol. The second-order valence-electron chi connectivity index (χ2n) is 4.82. The number of allylic oxidation sites excluding steroid dienone is 1. The lowest BCUT2D eigenvalue weighted by Gasteiger charge is -2.29. The number of carbonyl (C=O) groups is 1. The van der Waals surface area contributed by atoms with E-state index in [2.05, 4.69) is 15.9 Å². The monoisotopic (exact) mass is 317 g/mol. The summed E-state index contributed by atoms with van der Waals surface area (Å²) in [6.45, 7) is 1.47. The highest BCUT2D eigenvalue weighted by molar-refractivity contribution is 9.09. The Kier molecular flexibility index (Phi) is 3.39. The second kappa shape index (κ2) is 4.84. The van der Waals surface area contributed by atoms with Crippen LogP contribution >= 0.6 is 27.7 Å². The van der Waals surface area contributed by atoms with E-state index in [0.717, 1.165) is 24.5 Å². The summed E-state index contributed by atoms with van der Waals surface area (Å²) >= 11 is 5.14. The van der Waals surface area contributed by atoms with E-state index in [-0.39, 0.29) is 5.91 Å². The number of hydrogen-bond acceptors (Lipinski definition) is 3. The molecule has 1 saturated carbocycles. The van der Waals surface area contributed by atoms with Crippen LogP contribution in [0.15, 0.2) is 10.7 Å². The standard InChI is InChI=1S/C12H16BrNO2S/c13-5-12(15)14-6-11-10(3-4-17-11)16-7-9(14)8-1-2-8/h8-9H,1-7H2/t9-/m1/s1. The highest BCUT2D eigenvalue weighted by Gasteiger charge is 2.40. The van der Waals surface area contributed by atoms with E-state index in [0.29, 0.717) is 23.9 Å². The molecule has 0 aromatic heterocycles. The predicted octanol–water partition coefficient (Wildman–Crippen LogP) is 2.37. The number of ether oxygens (including phenoxy) is 1.